The van der Waals surface area contributed by atoms with Crippen molar-refractivity contribution in [2.24, 2.45) is 0 Å². The highest BCUT2D eigenvalue weighted by atomic mass is 19.1. The lowest BCUT2D eigenvalue weighted by atomic mass is 10.1. The van der Waals surface area contributed by atoms with Gasteiger partial charge in [0.25, 0.3) is 0 Å². The van der Waals surface area contributed by atoms with Gasteiger partial charge in [0.2, 0.25) is 0 Å². The Labute approximate surface area is 109 Å². The van der Waals surface area contributed by atoms with Gasteiger partial charge in [0.1, 0.15) is 23.8 Å². The summed E-state index contributed by atoms with van der Waals surface area (Å²) in [5.74, 6) is -0.842. The molecule has 0 bridgehead atoms. The molecule has 0 aliphatic heterocycles. The molecule has 0 radical (unpaired) electrons. The summed E-state index contributed by atoms with van der Waals surface area (Å²) in [6.45, 7) is 3.87. The normalized spacial score (nSPS) is 12.9. The molecule has 0 aliphatic rings. The fourth-order valence-corrected chi connectivity index (χ4v) is 1.91. The van der Waals surface area contributed by atoms with E-state index in [0.717, 1.165) is 18.2 Å². The Morgan fingerprint density at radius 1 is 1.21 bits per heavy atom. The molecule has 1 aromatic heterocycles. The maximum atomic E-state index is 13.1. The molecule has 2 rings (SSSR count). The highest BCUT2D eigenvalue weighted by Gasteiger charge is 2.16. The quantitative estimate of drug-likeness (QED) is 0.925. The summed E-state index contributed by atoms with van der Waals surface area (Å²) in [6, 6.07) is 3.11. The average molecular weight is 267 g/mol. The van der Waals surface area contributed by atoms with Gasteiger partial charge < -0.3 is 5.11 Å². The van der Waals surface area contributed by atoms with E-state index in [2.05, 4.69) is 10.1 Å². The first-order valence-electron chi connectivity index (χ1n) is 6.00. The summed E-state index contributed by atoms with van der Waals surface area (Å²) < 4.78 is 27.8. The second-order valence-electron chi connectivity index (χ2n) is 4.64. The van der Waals surface area contributed by atoms with E-state index in [1.54, 1.807) is 4.68 Å². The third kappa shape index (κ3) is 3.14. The zero-order valence-corrected chi connectivity index (χ0v) is 10.7. The van der Waals surface area contributed by atoms with Gasteiger partial charge in [0, 0.05) is 18.5 Å². The molecule has 0 fully saturated rings. The number of hydrogen-bond donors (Lipinski definition) is 1. The molecule has 1 N–H and O–H groups in total. The molecule has 0 aliphatic carbocycles. The van der Waals surface area contributed by atoms with Crippen molar-refractivity contribution >= 4 is 0 Å². The Morgan fingerprint density at radius 2 is 1.84 bits per heavy atom. The zero-order valence-electron chi connectivity index (χ0n) is 10.7. The monoisotopic (exact) mass is 267 g/mol. The van der Waals surface area contributed by atoms with Crippen LogP contribution in [0.4, 0.5) is 8.78 Å². The van der Waals surface area contributed by atoms with E-state index < -0.39 is 17.7 Å². The van der Waals surface area contributed by atoms with Crippen molar-refractivity contribution in [3.8, 4) is 0 Å². The Balaban J connectivity index is 2.20. The number of nitrogens with zero attached hydrogens (tertiary/aromatic N) is 3. The van der Waals surface area contributed by atoms with Crippen LogP contribution in [0.2, 0.25) is 0 Å². The minimum atomic E-state index is -1.02. The van der Waals surface area contributed by atoms with Crippen LogP contribution < -0.4 is 0 Å². The van der Waals surface area contributed by atoms with Crippen molar-refractivity contribution in [1.82, 2.24) is 14.8 Å². The Bertz CT molecular complexity index is 549. The van der Waals surface area contributed by atoms with E-state index in [1.807, 2.05) is 13.8 Å². The number of hydrogen-bond acceptors (Lipinski definition) is 3. The summed E-state index contributed by atoms with van der Waals surface area (Å²) in [5.41, 5.74) is 0.191. The Hall–Kier alpha value is -1.82. The van der Waals surface area contributed by atoms with Gasteiger partial charge in [-0.25, -0.2) is 18.4 Å². The summed E-state index contributed by atoms with van der Waals surface area (Å²) in [7, 11) is 0. The predicted molar refractivity (Wildman–Crippen MR) is 65.4 cm³/mol. The maximum absolute atomic E-state index is 13.1. The number of aromatic nitrogens is 3. The summed E-state index contributed by atoms with van der Waals surface area (Å²) >= 11 is 0. The minimum absolute atomic E-state index is 0.106. The van der Waals surface area contributed by atoms with Crippen molar-refractivity contribution in [3.05, 3.63) is 47.5 Å². The van der Waals surface area contributed by atoms with Crippen LogP contribution in [-0.4, -0.2) is 19.9 Å². The molecule has 1 heterocycles. The van der Waals surface area contributed by atoms with Gasteiger partial charge in [-0.3, -0.25) is 0 Å². The van der Waals surface area contributed by atoms with Gasteiger partial charge in [-0.1, -0.05) is 0 Å². The second kappa shape index (κ2) is 5.44. The fraction of sp³-hybridized carbons (Fsp3) is 0.385. The number of rotatable bonds is 4. The lowest BCUT2D eigenvalue weighted by molar-refractivity contribution is 0.172. The first kappa shape index (κ1) is 13.6. The molecule has 1 atom stereocenters. The number of aliphatic hydroxyl groups is 1. The van der Waals surface area contributed by atoms with Crippen LogP contribution >= 0.6 is 0 Å². The molecule has 2 aromatic rings. The van der Waals surface area contributed by atoms with Crippen LogP contribution in [0.1, 0.15) is 37.4 Å². The Morgan fingerprint density at radius 3 is 2.42 bits per heavy atom. The van der Waals surface area contributed by atoms with E-state index in [4.69, 9.17) is 0 Å². The second-order valence-corrected chi connectivity index (χ2v) is 4.64. The minimum Gasteiger partial charge on any atom is -0.388 e. The van der Waals surface area contributed by atoms with Crippen LogP contribution in [-0.2, 0) is 6.42 Å². The summed E-state index contributed by atoms with van der Waals surface area (Å²) in [4.78, 5) is 4.05. The van der Waals surface area contributed by atoms with Crippen LogP contribution in [0.3, 0.4) is 0 Å². The van der Waals surface area contributed by atoms with Crippen LogP contribution in [0, 0.1) is 11.6 Å². The van der Waals surface area contributed by atoms with Crippen molar-refractivity contribution < 1.29 is 13.9 Å². The van der Waals surface area contributed by atoms with Gasteiger partial charge in [-0.15, -0.1) is 0 Å². The molecule has 102 valence electrons. The largest absolute Gasteiger partial charge is 0.388 e. The fourth-order valence-electron chi connectivity index (χ4n) is 1.91. The van der Waals surface area contributed by atoms with E-state index in [-0.39, 0.29) is 18.0 Å². The van der Waals surface area contributed by atoms with E-state index >= 15 is 0 Å². The Kier molecular flexibility index (Phi) is 3.90. The molecule has 6 heteroatoms. The average Bonchev–Trinajstić information content (AvgIpc) is 2.75. The SMILES string of the molecule is CC(C)n1ncnc1CC(O)c1cc(F)cc(F)c1. The lowest BCUT2D eigenvalue weighted by Gasteiger charge is -2.13. The number of benzene rings is 1. The van der Waals surface area contributed by atoms with Gasteiger partial charge in [0.15, 0.2) is 0 Å². The number of aliphatic hydroxyl groups excluding tert-OH is 1. The number of halogens is 2. The van der Waals surface area contributed by atoms with Gasteiger partial charge in [-0.2, -0.15) is 5.10 Å². The van der Waals surface area contributed by atoms with Crippen molar-refractivity contribution in [3.63, 3.8) is 0 Å². The highest BCUT2D eigenvalue weighted by molar-refractivity contribution is 5.21. The highest BCUT2D eigenvalue weighted by Crippen LogP contribution is 2.20. The zero-order chi connectivity index (χ0) is 14.0. The molecule has 0 saturated carbocycles. The van der Waals surface area contributed by atoms with Gasteiger partial charge in [-0.05, 0) is 31.5 Å². The van der Waals surface area contributed by atoms with Crippen molar-refractivity contribution in [1.29, 1.82) is 0 Å². The first-order valence-corrected chi connectivity index (χ1v) is 6.00. The summed E-state index contributed by atoms with van der Waals surface area (Å²) in [6.07, 6.45) is 0.529. The molecular weight excluding hydrogens is 252 g/mol. The lowest BCUT2D eigenvalue weighted by Crippen LogP contribution is -2.12. The third-order valence-corrected chi connectivity index (χ3v) is 2.78. The van der Waals surface area contributed by atoms with Crippen LogP contribution in [0.25, 0.3) is 0 Å². The van der Waals surface area contributed by atoms with E-state index in [1.165, 1.54) is 6.33 Å². The van der Waals surface area contributed by atoms with Crippen molar-refractivity contribution in [2.75, 3.05) is 0 Å². The smallest absolute Gasteiger partial charge is 0.138 e. The predicted octanol–water partition coefficient (Wildman–Crippen LogP) is 2.41. The molecule has 1 aromatic carbocycles. The van der Waals surface area contributed by atoms with Crippen LogP contribution in [0.15, 0.2) is 24.5 Å². The standard InChI is InChI=1S/C13H15F2N3O/c1-8(2)18-13(16-7-17-18)6-12(19)9-3-10(14)5-11(15)4-9/h3-5,7-8,12,19H,6H2,1-2H3. The van der Waals surface area contributed by atoms with E-state index in [0.29, 0.717) is 5.82 Å². The van der Waals surface area contributed by atoms with Crippen LogP contribution in [0.5, 0.6) is 0 Å². The first-order chi connectivity index (χ1) is 8.97. The van der Waals surface area contributed by atoms with Crippen molar-refractivity contribution in [2.45, 2.75) is 32.4 Å². The van der Waals surface area contributed by atoms with E-state index in [9.17, 15) is 13.9 Å². The molecule has 0 amide bonds. The molecule has 0 saturated heterocycles. The molecule has 1 unspecified atom stereocenters. The maximum Gasteiger partial charge on any atom is 0.138 e. The summed E-state index contributed by atoms with van der Waals surface area (Å²) in [5, 5.41) is 14.1. The molecule has 19 heavy (non-hydrogen) atoms. The third-order valence-electron chi connectivity index (χ3n) is 2.78. The topological polar surface area (TPSA) is 50.9 Å². The van der Waals surface area contributed by atoms with Gasteiger partial charge in [0.05, 0.1) is 6.10 Å². The molecule has 0 spiro atoms. The molecular formula is C13H15F2N3O. The van der Waals surface area contributed by atoms with Gasteiger partial charge >= 0.3 is 0 Å². The molecule has 4 nitrogen and oxygen atoms in total.